The number of thiophene rings is 1. The predicted octanol–water partition coefficient (Wildman–Crippen LogP) is 3.41. The summed E-state index contributed by atoms with van der Waals surface area (Å²) in [5.41, 5.74) is 1.53. The number of pyridine rings is 1. The maximum atomic E-state index is 13.1. The standard InChI is InChI=1S/C21H18N4O3S/c1-3-16-24-18-15-5-4-10-22-20(15)29-19(18)21(28)25(16)11-17(27)23-14-8-6-13(7-9-14)12(2)26/h4-10H,3,11H2,1-2H3,(H,23,27). The molecule has 3 aromatic heterocycles. The SMILES string of the molecule is CCc1nc2c(sc3ncccc32)c(=O)n1CC(=O)Nc1ccc(C(C)=O)cc1. The highest BCUT2D eigenvalue weighted by molar-refractivity contribution is 7.25. The van der Waals surface area contributed by atoms with Crippen molar-refractivity contribution in [3.8, 4) is 0 Å². The molecule has 4 rings (SSSR count). The van der Waals surface area contributed by atoms with E-state index in [9.17, 15) is 14.4 Å². The molecule has 0 fully saturated rings. The van der Waals surface area contributed by atoms with Gasteiger partial charge in [-0.2, -0.15) is 0 Å². The minimum atomic E-state index is -0.335. The number of hydrogen-bond donors (Lipinski definition) is 1. The van der Waals surface area contributed by atoms with Crippen LogP contribution >= 0.6 is 11.3 Å². The van der Waals surface area contributed by atoms with Crippen molar-refractivity contribution in [2.45, 2.75) is 26.8 Å². The van der Waals surface area contributed by atoms with Gasteiger partial charge in [-0.25, -0.2) is 9.97 Å². The lowest BCUT2D eigenvalue weighted by Crippen LogP contribution is -2.30. The number of hydrogen-bond acceptors (Lipinski definition) is 6. The molecular weight excluding hydrogens is 388 g/mol. The van der Waals surface area contributed by atoms with E-state index in [1.807, 2.05) is 19.1 Å². The van der Waals surface area contributed by atoms with Crippen LogP contribution in [0.5, 0.6) is 0 Å². The molecule has 1 aromatic carbocycles. The summed E-state index contributed by atoms with van der Waals surface area (Å²) in [5, 5.41) is 3.61. The Morgan fingerprint density at radius 2 is 1.93 bits per heavy atom. The maximum Gasteiger partial charge on any atom is 0.272 e. The monoisotopic (exact) mass is 406 g/mol. The molecule has 0 aliphatic heterocycles. The van der Waals surface area contributed by atoms with Crippen LogP contribution in [0.1, 0.15) is 30.0 Å². The van der Waals surface area contributed by atoms with Gasteiger partial charge >= 0.3 is 0 Å². The van der Waals surface area contributed by atoms with Crippen LogP contribution in [0.25, 0.3) is 20.4 Å². The fourth-order valence-corrected chi connectivity index (χ4v) is 4.20. The van der Waals surface area contributed by atoms with Crippen LogP contribution in [0, 0.1) is 0 Å². The first-order valence-electron chi connectivity index (χ1n) is 9.15. The Morgan fingerprint density at radius 3 is 2.62 bits per heavy atom. The fraction of sp³-hybridized carbons (Fsp3) is 0.190. The molecule has 0 atom stereocenters. The van der Waals surface area contributed by atoms with Crippen molar-refractivity contribution in [1.82, 2.24) is 14.5 Å². The van der Waals surface area contributed by atoms with Crippen molar-refractivity contribution in [3.05, 3.63) is 64.3 Å². The molecule has 7 nitrogen and oxygen atoms in total. The Hall–Kier alpha value is -3.39. The van der Waals surface area contributed by atoms with Gasteiger partial charge in [0.15, 0.2) is 5.78 Å². The Labute approximate surface area is 170 Å². The third kappa shape index (κ3) is 3.54. The molecule has 0 saturated carbocycles. The van der Waals surface area contributed by atoms with E-state index in [-0.39, 0.29) is 23.8 Å². The van der Waals surface area contributed by atoms with Gasteiger partial charge in [0.2, 0.25) is 5.91 Å². The highest BCUT2D eigenvalue weighted by Crippen LogP contribution is 2.28. The van der Waals surface area contributed by atoms with E-state index < -0.39 is 0 Å². The number of anilines is 1. The van der Waals surface area contributed by atoms with Gasteiger partial charge in [-0.05, 0) is 43.3 Å². The second kappa shape index (κ2) is 7.56. The molecule has 1 N–H and O–H groups in total. The summed E-state index contributed by atoms with van der Waals surface area (Å²) in [6, 6.07) is 10.3. The van der Waals surface area contributed by atoms with Gasteiger partial charge in [0, 0.05) is 29.3 Å². The van der Waals surface area contributed by atoms with Gasteiger partial charge in [-0.3, -0.25) is 19.0 Å². The highest BCUT2D eigenvalue weighted by atomic mass is 32.1. The lowest BCUT2D eigenvalue weighted by molar-refractivity contribution is -0.116. The number of nitrogens with zero attached hydrogens (tertiary/aromatic N) is 3. The number of carbonyl (C=O) groups excluding carboxylic acids is 2. The topological polar surface area (TPSA) is 93.9 Å². The summed E-state index contributed by atoms with van der Waals surface area (Å²) in [6.45, 7) is 3.25. The van der Waals surface area contributed by atoms with E-state index >= 15 is 0 Å². The minimum Gasteiger partial charge on any atom is -0.325 e. The molecule has 0 aliphatic rings. The quantitative estimate of drug-likeness (QED) is 0.513. The van der Waals surface area contributed by atoms with Gasteiger partial charge in [0.25, 0.3) is 5.56 Å². The Kier molecular flexibility index (Phi) is 4.94. The second-order valence-corrected chi connectivity index (χ2v) is 7.59. The van der Waals surface area contributed by atoms with Crippen molar-refractivity contribution in [1.29, 1.82) is 0 Å². The van der Waals surface area contributed by atoms with Crippen LogP contribution in [-0.2, 0) is 17.8 Å². The van der Waals surface area contributed by atoms with Crippen molar-refractivity contribution in [2.24, 2.45) is 0 Å². The van der Waals surface area contributed by atoms with E-state index in [2.05, 4.69) is 15.3 Å². The number of amides is 1. The van der Waals surface area contributed by atoms with Gasteiger partial charge in [0.05, 0.1) is 5.52 Å². The Bertz CT molecular complexity index is 1310. The molecule has 8 heteroatoms. The van der Waals surface area contributed by atoms with E-state index in [0.29, 0.717) is 33.7 Å². The average Bonchev–Trinajstić information content (AvgIpc) is 3.09. The van der Waals surface area contributed by atoms with Gasteiger partial charge in [-0.1, -0.05) is 6.92 Å². The van der Waals surface area contributed by atoms with Crippen molar-refractivity contribution >= 4 is 49.1 Å². The molecule has 0 radical (unpaired) electrons. The number of nitrogens with one attached hydrogen (secondary N) is 1. The first-order chi connectivity index (χ1) is 14.0. The van der Waals surface area contributed by atoms with Crippen LogP contribution in [-0.4, -0.2) is 26.2 Å². The lowest BCUT2D eigenvalue weighted by atomic mass is 10.1. The summed E-state index contributed by atoms with van der Waals surface area (Å²) >= 11 is 1.29. The number of rotatable bonds is 5. The van der Waals surface area contributed by atoms with Crippen LogP contribution in [0.2, 0.25) is 0 Å². The Morgan fingerprint density at radius 1 is 1.17 bits per heavy atom. The van der Waals surface area contributed by atoms with E-state index in [1.54, 1.807) is 30.5 Å². The number of Topliss-reactive ketones (excluding diaryl/α,β-unsaturated/α-hetero) is 1. The van der Waals surface area contributed by atoms with Gasteiger partial charge < -0.3 is 5.32 Å². The summed E-state index contributed by atoms with van der Waals surface area (Å²) in [4.78, 5) is 46.7. The Balaban J connectivity index is 1.67. The maximum absolute atomic E-state index is 13.1. The molecular formula is C21H18N4O3S. The molecule has 4 aromatic rings. The molecule has 146 valence electrons. The molecule has 0 spiro atoms. The van der Waals surface area contributed by atoms with E-state index in [4.69, 9.17) is 0 Å². The van der Waals surface area contributed by atoms with Crippen LogP contribution in [0.3, 0.4) is 0 Å². The number of ketones is 1. The van der Waals surface area contributed by atoms with Crippen molar-refractivity contribution < 1.29 is 9.59 Å². The first kappa shape index (κ1) is 18.9. The van der Waals surface area contributed by atoms with Crippen molar-refractivity contribution in [3.63, 3.8) is 0 Å². The lowest BCUT2D eigenvalue weighted by Gasteiger charge is -2.11. The number of carbonyl (C=O) groups is 2. The second-order valence-electron chi connectivity index (χ2n) is 6.59. The molecule has 29 heavy (non-hydrogen) atoms. The van der Waals surface area contributed by atoms with Gasteiger partial charge in [-0.15, -0.1) is 11.3 Å². The van der Waals surface area contributed by atoms with Crippen molar-refractivity contribution in [2.75, 3.05) is 5.32 Å². The normalized spacial score (nSPS) is 11.1. The molecule has 0 unspecified atom stereocenters. The summed E-state index contributed by atoms with van der Waals surface area (Å²) in [5.74, 6) is 0.171. The highest BCUT2D eigenvalue weighted by Gasteiger charge is 2.17. The van der Waals surface area contributed by atoms with Crippen LogP contribution < -0.4 is 10.9 Å². The predicted molar refractivity (Wildman–Crippen MR) is 114 cm³/mol. The summed E-state index contributed by atoms with van der Waals surface area (Å²) < 4.78 is 1.91. The zero-order valence-corrected chi connectivity index (χ0v) is 16.7. The zero-order chi connectivity index (χ0) is 20.5. The van der Waals surface area contributed by atoms with Gasteiger partial charge in [0.1, 0.15) is 21.9 Å². The molecule has 1 amide bonds. The van der Waals surface area contributed by atoms with Crippen LogP contribution in [0.15, 0.2) is 47.4 Å². The van der Waals surface area contributed by atoms with E-state index in [1.165, 1.54) is 22.8 Å². The number of aromatic nitrogens is 3. The zero-order valence-electron chi connectivity index (χ0n) is 15.9. The largest absolute Gasteiger partial charge is 0.325 e. The first-order valence-corrected chi connectivity index (χ1v) is 9.97. The number of aryl methyl sites for hydroxylation is 1. The summed E-state index contributed by atoms with van der Waals surface area (Å²) in [7, 11) is 0. The number of fused-ring (bicyclic) bond motifs is 3. The third-order valence-corrected chi connectivity index (χ3v) is 5.72. The third-order valence-electron chi connectivity index (χ3n) is 4.63. The minimum absolute atomic E-state index is 0.0424. The molecule has 0 bridgehead atoms. The summed E-state index contributed by atoms with van der Waals surface area (Å²) in [6.07, 6.45) is 2.20. The molecule has 0 aliphatic carbocycles. The number of benzene rings is 1. The average molecular weight is 406 g/mol. The van der Waals surface area contributed by atoms with Crippen LogP contribution in [0.4, 0.5) is 5.69 Å². The fourth-order valence-electron chi connectivity index (χ4n) is 3.17. The molecule has 3 heterocycles. The molecule has 0 saturated heterocycles. The smallest absolute Gasteiger partial charge is 0.272 e. The van der Waals surface area contributed by atoms with E-state index in [0.717, 1.165) is 10.2 Å².